The molecule has 0 unspecified atom stereocenters. The highest BCUT2D eigenvalue weighted by molar-refractivity contribution is 7.89. The number of aromatic nitrogens is 1. The first-order valence-corrected chi connectivity index (χ1v) is 8.18. The van der Waals surface area contributed by atoms with Gasteiger partial charge in [-0.2, -0.15) is 0 Å². The number of hydrogen-bond donors (Lipinski definition) is 0. The summed E-state index contributed by atoms with van der Waals surface area (Å²) in [5, 5.41) is 0.551. The number of rotatable bonds is 4. The van der Waals surface area contributed by atoms with Gasteiger partial charge in [0.1, 0.15) is 5.82 Å². The molecule has 0 saturated carbocycles. The lowest BCUT2D eigenvalue weighted by molar-refractivity contribution is 0.593. The average molecular weight is 334 g/mol. The molecule has 1 aromatic heterocycles. The zero-order chi connectivity index (χ0) is 14.8. The first-order valence-electron chi connectivity index (χ1n) is 5.60. The highest BCUT2D eigenvalue weighted by atomic mass is 35.5. The Morgan fingerprint density at radius 2 is 1.75 bits per heavy atom. The van der Waals surface area contributed by atoms with Crippen molar-refractivity contribution in [2.75, 3.05) is 0 Å². The predicted molar refractivity (Wildman–Crippen MR) is 77.0 cm³/mol. The summed E-state index contributed by atoms with van der Waals surface area (Å²) in [5.41, 5.74) is 0.759. The van der Waals surface area contributed by atoms with Crippen molar-refractivity contribution in [3.63, 3.8) is 0 Å². The second-order valence-corrected chi connectivity index (χ2v) is 7.15. The van der Waals surface area contributed by atoms with Crippen LogP contribution >= 0.6 is 23.2 Å². The molecule has 0 radical (unpaired) electrons. The molecule has 0 N–H and O–H groups in total. The largest absolute Gasteiger partial charge is 0.257 e. The van der Waals surface area contributed by atoms with Crippen molar-refractivity contribution in [3.8, 4) is 0 Å². The van der Waals surface area contributed by atoms with E-state index < -0.39 is 15.7 Å². The minimum atomic E-state index is -3.45. The molecule has 2 aromatic rings. The first-order chi connectivity index (χ1) is 9.35. The van der Waals surface area contributed by atoms with Gasteiger partial charge in [0.25, 0.3) is 0 Å². The van der Waals surface area contributed by atoms with Gasteiger partial charge in [-0.1, -0.05) is 35.3 Å². The van der Waals surface area contributed by atoms with Crippen LogP contribution in [0.2, 0.25) is 10.0 Å². The lowest BCUT2D eigenvalue weighted by Crippen LogP contribution is -2.09. The number of benzene rings is 1. The van der Waals surface area contributed by atoms with Gasteiger partial charge < -0.3 is 0 Å². The van der Waals surface area contributed by atoms with E-state index in [0.717, 1.165) is 0 Å². The van der Waals surface area contributed by atoms with Crippen molar-refractivity contribution in [1.82, 2.24) is 4.98 Å². The molecule has 0 aliphatic heterocycles. The molecule has 0 aliphatic carbocycles. The fourth-order valence-electron chi connectivity index (χ4n) is 1.64. The Bertz CT molecular complexity index is 718. The van der Waals surface area contributed by atoms with Gasteiger partial charge in [-0.25, -0.2) is 12.8 Å². The predicted octanol–water partition coefficient (Wildman–Crippen LogP) is 3.64. The highest BCUT2D eigenvalue weighted by Crippen LogP contribution is 2.21. The van der Waals surface area contributed by atoms with Gasteiger partial charge >= 0.3 is 0 Å². The van der Waals surface area contributed by atoms with Gasteiger partial charge in [0, 0.05) is 6.20 Å². The summed E-state index contributed by atoms with van der Waals surface area (Å²) in [6.07, 6.45) is 1.34. The molecule has 0 fully saturated rings. The maximum Gasteiger partial charge on any atom is 0.160 e. The van der Waals surface area contributed by atoms with Crippen LogP contribution in [0.25, 0.3) is 0 Å². The zero-order valence-corrected chi connectivity index (χ0v) is 12.5. The lowest BCUT2D eigenvalue weighted by atomic mass is 10.2. The summed E-state index contributed by atoms with van der Waals surface area (Å²) in [6.45, 7) is 0. The van der Waals surface area contributed by atoms with Crippen molar-refractivity contribution < 1.29 is 12.8 Å². The lowest BCUT2D eigenvalue weighted by Gasteiger charge is -2.06. The number of halogens is 3. The summed E-state index contributed by atoms with van der Waals surface area (Å²) >= 11 is 11.6. The molecule has 1 aromatic carbocycles. The monoisotopic (exact) mass is 333 g/mol. The van der Waals surface area contributed by atoms with Crippen LogP contribution < -0.4 is 0 Å². The third-order valence-electron chi connectivity index (χ3n) is 2.54. The smallest absolute Gasteiger partial charge is 0.160 e. The summed E-state index contributed by atoms with van der Waals surface area (Å²) in [5.74, 6) is -0.901. The molecule has 0 atom stereocenters. The fraction of sp³-hybridized carbons (Fsp3) is 0.154. The fourth-order valence-corrected chi connectivity index (χ4v) is 3.62. The standard InChI is InChI=1S/C13H10Cl2FNO2S/c14-10-5-12(15)13(17-6-10)8-20(18,19)7-9-1-3-11(16)4-2-9/h1-6H,7-8H2. The van der Waals surface area contributed by atoms with E-state index in [4.69, 9.17) is 23.2 Å². The van der Waals surface area contributed by atoms with Crippen LogP contribution in [0.1, 0.15) is 11.3 Å². The SMILES string of the molecule is O=S(=O)(Cc1ccc(F)cc1)Cc1ncc(Cl)cc1Cl. The van der Waals surface area contributed by atoms with Crippen LogP contribution in [0.3, 0.4) is 0 Å². The molecule has 106 valence electrons. The Morgan fingerprint density at radius 1 is 1.10 bits per heavy atom. The molecule has 0 saturated heterocycles. The van der Waals surface area contributed by atoms with Crippen molar-refractivity contribution >= 4 is 33.0 Å². The molecule has 7 heteroatoms. The molecule has 0 bridgehead atoms. The van der Waals surface area contributed by atoms with Crippen molar-refractivity contribution in [2.45, 2.75) is 11.5 Å². The van der Waals surface area contributed by atoms with Gasteiger partial charge in [0.15, 0.2) is 9.84 Å². The van der Waals surface area contributed by atoms with E-state index in [2.05, 4.69) is 4.98 Å². The second kappa shape index (κ2) is 6.08. The third-order valence-corrected chi connectivity index (χ3v) is 4.56. The minimum Gasteiger partial charge on any atom is -0.257 e. The van der Waals surface area contributed by atoms with E-state index >= 15 is 0 Å². The van der Waals surface area contributed by atoms with Crippen molar-refractivity contribution in [3.05, 3.63) is 63.6 Å². The Labute approximate surface area is 126 Å². The van der Waals surface area contributed by atoms with Gasteiger partial charge in [-0.05, 0) is 23.8 Å². The van der Waals surface area contributed by atoms with Crippen LogP contribution in [0.15, 0.2) is 36.5 Å². The first kappa shape index (κ1) is 15.2. The second-order valence-electron chi connectivity index (χ2n) is 4.24. The average Bonchev–Trinajstić information content (AvgIpc) is 2.35. The number of sulfone groups is 1. The summed E-state index contributed by atoms with van der Waals surface area (Å²) in [4.78, 5) is 3.92. The molecule has 0 aliphatic rings. The van der Waals surface area contributed by atoms with Crippen LogP contribution in [-0.4, -0.2) is 13.4 Å². The van der Waals surface area contributed by atoms with E-state index in [1.165, 1.54) is 36.5 Å². The normalized spacial score (nSPS) is 11.6. The molecule has 0 spiro atoms. The summed E-state index contributed by atoms with van der Waals surface area (Å²) in [7, 11) is -3.45. The molecule has 1 heterocycles. The topological polar surface area (TPSA) is 47.0 Å². The molecular formula is C13H10Cl2FNO2S. The van der Waals surface area contributed by atoms with E-state index in [1.807, 2.05) is 0 Å². The van der Waals surface area contributed by atoms with Crippen LogP contribution in [-0.2, 0) is 21.3 Å². The van der Waals surface area contributed by atoms with E-state index in [9.17, 15) is 12.8 Å². The quantitative estimate of drug-likeness (QED) is 0.858. The van der Waals surface area contributed by atoms with Gasteiger partial charge in [0.2, 0.25) is 0 Å². The van der Waals surface area contributed by atoms with Crippen LogP contribution in [0.5, 0.6) is 0 Å². The molecule has 3 nitrogen and oxygen atoms in total. The maximum absolute atomic E-state index is 12.8. The van der Waals surface area contributed by atoms with Gasteiger partial charge in [-0.3, -0.25) is 4.98 Å². The van der Waals surface area contributed by atoms with E-state index in [0.29, 0.717) is 10.6 Å². The number of hydrogen-bond acceptors (Lipinski definition) is 3. The Morgan fingerprint density at radius 3 is 2.35 bits per heavy atom. The third kappa shape index (κ3) is 4.16. The Hall–Kier alpha value is -1.17. The maximum atomic E-state index is 12.8. The molecule has 2 rings (SSSR count). The van der Waals surface area contributed by atoms with Gasteiger partial charge in [-0.15, -0.1) is 0 Å². The number of pyridine rings is 1. The number of nitrogens with zero attached hydrogens (tertiary/aromatic N) is 1. The van der Waals surface area contributed by atoms with E-state index in [-0.39, 0.29) is 22.2 Å². The minimum absolute atomic E-state index is 0.200. The van der Waals surface area contributed by atoms with Gasteiger partial charge in [0.05, 0.1) is 27.2 Å². The Kier molecular flexibility index (Phi) is 4.62. The highest BCUT2D eigenvalue weighted by Gasteiger charge is 2.16. The summed E-state index contributed by atoms with van der Waals surface area (Å²) in [6, 6.07) is 6.75. The molecular weight excluding hydrogens is 324 g/mol. The van der Waals surface area contributed by atoms with Crippen molar-refractivity contribution in [1.29, 1.82) is 0 Å². The van der Waals surface area contributed by atoms with E-state index in [1.54, 1.807) is 0 Å². The Balaban J connectivity index is 2.17. The van der Waals surface area contributed by atoms with Crippen LogP contribution in [0, 0.1) is 5.82 Å². The van der Waals surface area contributed by atoms with Crippen molar-refractivity contribution in [2.24, 2.45) is 0 Å². The zero-order valence-electron chi connectivity index (χ0n) is 10.2. The van der Waals surface area contributed by atoms with Crippen LogP contribution in [0.4, 0.5) is 4.39 Å². The summed E-state index contributed by atoms with van der Waals surface area (Å²) < 4.78 is 36.9. The molecule has 20 heavy (non-hydrogen) atoms. The molecule has 0 amide bonds.